The predicted molar refractivity (Wildman–Crippen MR) is 134 cm³/mol. The highest BCUT2D eigenvalue weighted by molar-refractivity contribution is 6.05. The van der Waals surface area contributed by atoms with Crippen LogP contribution in [-0.4, -0.2) is 36.2 Å². The molecule has 3 aromatic carbocycles. The quantitative estimate of drug-likeness (QED) is 0.326. The third-order valence-corrected chi connectivity index (χ3v) is 5.44. The highest BCUT2D eigenvalue weighted by Gasteiger charge is 2.30. The van der Waals surface area contributed by atoms with Crippen molar-refractivity contribution in [3.8, 4) is 17.2 Å². The Balaban J connectivity index is 1.43. The number of carbonyl (C=O) groups is 2. The van der Waals surface area contributed by atoms with Crippen LogP contribution in [0, 0.1) is 0 Å². The van der Waals surface area contributed by atoms with E-state index in [1.807, 2.05) is 0 Å². The van der Waals surface area contributed by atoms with Crippen LogP contribution in [0.2, 0.25) is 0 Å². The summed E-state index contributed by atoms with van der Waals surface area (Å²) in [7, 11) is 0. The van der Waals surface area contributed by atoms with Crippen molar-refractivity contribution in [3.63, 3.8) is 0 Å². The number of nitrogens with one attached hydrogen (secondary N) is 2. The molecule has 0 saturated heterocycles. The molecule has 2 amide bonds. The van der Waals surface area contributed by atoms with E-state index < -0.39 is 23.6 Å². The van der Waals surface area contributed by atoms with E-state index in [9.17, 15) is 22.8 Å². The highest BCUT2D eigenvalue weighted by Crippen LogP contribution is 2.31. The molecule has 0 spiro atoms. The summed E-state index contributed by atoms with van der Waals surface area (Å²) in [4.78, 5) is 25.5. The van der Waals surface area contributed by atoms with E-state index >= 15 is 0 Å². The minimum atomic E-state index is -4.44. The van der Waals surface area contributed by atoms with Gasteiger partial charge in [0.15, 0.2) is 0 Å². The predicted octanol–water partition coefficient (Wildman–Crippen LogP) is 4.92. The van der Waals surface area contributed by atoms with Crippen molar-refractivity contribution in [2.45, 2.75) is 25.1 Å². The van der Waals surface area contributed by atoms with E-state index in [2.05, 4.69) is 10.6 Å². The Morgan fingerprint density at radius 2 is 1.47 bits per heavy atom. The van der Waals surface area contributed by atoms with Crippen molar-refractivity contribution >= 4 is 17.9 Å². The lowest BCUT2D eigenvalue weighted by molar-refractivity contribution is -0.137. The van der Waals surface area contributed by atoms with Crippen molar-refractivity contribution in [1.82, 2.24) is 10.6 Å². The van der Waals surface area contributed by atoms with Gasteiger partial charge in [-0.15, -0.1) is 0 Å². The van der Waals surface area contributed by atoms with E-state index in [-0.39, 0.29) is 36.3 Å². The molecule has 10 heteroatoms. The Kier molecular flexibility index (Phi) is 8.32. The van der Waals surface area contributed by atoms with Gasteiger partial charge in [0, 0.05) is 12.1 Å². The summed E-state index contributed by atoms with van der Waals surface area (Å²) in [5.41, 5.74) is 0.0670. The first kappa shape index (κ1) is 26.7. The summed E-state index contributed by atoms with van der Waals surface area (Å²) < 4.78 is 49.5. The van der Waals surface area contributed by atoms with Crippen LogP contribution in [0.5, 0.6) is 17.2 Å². The maximum atomic E-state index is 12.9. The Hall–Kier alpha value is -4.31. The van der Waals surface area contributed by atoms with Gasteiger partial charge >= 0.3 is 6.18 Å². The van der Waals surface area contributed by atoms with Crippen molar-refractivity contribution in [2.75, 3.05) is 13.2 Å². The zero-order chi connectivity index (χ0) is 27.1. The topological polar surface area (TPSA) is 96.9 Å². The zero-order valence-corrected chi connectivity index (χ0v) is 20.1. The summed E-state index contributed by atoms with van der Waals surface area (Å²) in [5, 5.41) is 14.1. The van der Waals surface area contributed by atoms with E-state index in [1.54, 1.807) is 24.3 Å². The molecule has 1 aliphatic rings. The lowest BCUT2D eigenvalue weighted by Crippen LogP contribution is -2.36. The molecule has 3 N–H and O–H groups in total. The smallest absolute Gasteiger partial charge is 0.416 e. The monoisotopic (exact) mass is 526 g/mol. The molecule has 0 radical (unpaired) electrons. The zero-order valence-electron chi connectivity index (χ0n) is 20.1. The van der Waals surface area contributed by atoms with Crippen LogP contribution in [0.1, 0.15) is 34.3 Å². The summed E-state index contributed by atoms with van der Waals surface area (Å²) >= 11 is 0. The average Bonchev–Trinajstić information content (AvgIpc) is 3.72. The van der Waals surface area contributed by atoms with E-state index in [4.69, 9.17) is 14.6 Å². The van der Waals surface area contributed by atoms with Gasteiger partial charge < -0.3 is 25.2 Å². The Bertz CT molecular complexity index is 1280. The molecule has 0 atom stereocenters. The molecule has 198 valence electrons. The Morgan fingerprint density at radius 3 is 2.03 bits per heavy atom. The van der Waals surface area contributed by atoms with Crippen LogP contribution in [0.25, 0.3) is 6.08 Å². The molecule has 1 fully saturated rings. The van der Waals surface area contributed by atoms with Crippen LogP contribution in [0.3, 0.4) is 0 Å². The number of carbonyl (C=O) groups excluding carboxylic acids is 2. The summed E-state index contributed by atoms with van der Waals surface area (Å²) in [6.07, 6.45) is -0.616. The lowest BCUT2D eigenvalue weighted by atomic mass is 10.1. The van der Waals surface area contributed by atoms with Crippen molar-refractivity contribution in [3.05, 3.63) is 95.2 Å². The van der Waals surface area contributed by atoms with Gasteiger partial charge in [-0.2, -0.15) is 13.2 Å². The number of alkyl halides is 3. The van der Waals surface area contributed by atoms with Gasteiger partial charge in [-0.3, -0.25) is 9.59 Å². The molecule has 38 heavy (non-hydrogen) atoms. The largest absolute Gasteiger partial charge is 0.490 e. The number of halogens is 3. The van der Waals surface area contributed by atoms with Crippen LogP contribution in [0.4, 0.5) is 13.2 Å². The number of benzene rings is 3. The van der Waals surface area contributed by atoms with Gasteiger partial charge in [0.2, 0.25) is 0 Å². The fourth-order valence-corrected chi connectivity index (χ4v) is 3.33. The summed E-state index contributed by atoms with van der Waals surface area (Å²) in [5.74, 6) is 0.0949. The molecule has 0 bridgehead atoms. The van der Waals surface area contributed by atoms with Gasteiger partial charge in [-0.1, -0.05) is 12.1 Å². The number of rotatable bonds is 10. The number of aliphatic hydroxyl groups excluding tert-OH is 1. The second-order valence-electron chi connectivity index (χ2n) is 8.53. The minimum absolute atomic E-state index is 0.0101. The van der Waals surface area contributed by atoms with E-state index in [0.29, 0.717) is 11.3 Å². The Labute approximate surface area is 216 Å². The number of hydrogen-bond donors (Lipinski definition) is 3. The van der Waals surface area contributed by atoms with Gasteiger partial charge in [-0.25, -0.2) is 0 Å². The van der Waals surface area contributed by atoms with Gasteiger partial charge in [-0.05, 0) is 85.1 Å². The summed E-state index contributed by atoms with van der Waals surface area (Å²) in [6, 6.07) is 17.2. The third-order valence-electron chi connectivity index (χ3n) is 5.44. The first-order chi connectivity index (χ1) is 18.2. The van der Waals surface area contributed by atoms with Crippen molar-refractivity contribution < 1.29 is 37.3 Å². The van der Waals surface area contributed by atoms with Crippen molar-refractivity contribution in [2.24, 2.45) is 0 Å². The van der Waals surface area contributed by atoms with E-state index in [0.717, 1.165) is 30.7 Å². The standard InChI is InChI=1S/C28H25F3N2O5/c29-28(30,31)20-5-11-23(12-6-20)38-22-9-3-19(4-10-22)26(35)33-25(27(36)32-15-16-34)17-18-1-7-21(8-2-18)37-24-13-14-24/h1-12,17,24,34H,13-16H2,(H,32,36)(H,33,35). The van der Waals surface area contributed by atoms with Gasteiger partial charge in [0.05, 0.1) is 18.3 Å². The molecule has 0 aromatic heterocycles. The maximum Gasteiger partial charge on any atom is 0.416 e. The number of hydrogen-bond acceptors (Lipinski definition) is 5. The van der Waals surface area contributed by atoms with Crippen molar-refractivity contribution in [1.29, 1.82) is 0 Å². The maximum absolute atomic E-state index is 12.9. The molecule has 7 nitrogen and oxygen atoms in total. The van der Waals surface area contributed by atoms with E-state index in [1.165, 1.54) is 42.5 Å². The minimum Gasteiger partial charge on any atom is -0.490 e. The molecule has 0 unspecified atom stereocenters. The number of amides is 2. The normalized spacial score (nSPS) is 13.5. The summed E-state index contributed by atoms with van der Waals surface area (Å²) in [6.45, 7) is -0.253. The second-order valence-corrected chi connectivity index (χ2v) is 8.53. The molecule has 0 aliphatic heterocycles. The van der Waals surface area contributed by atoms with Gasteiger partial charge in [0.25, 0.3) is 11.8 Å². The van der Waals surface area contributed by atoms with Crippen LogP contribution in [0.15, 0.2) is 78.5 Å². The lowest BCUT2D eigenvalue weighted by Gasteiger charge is -2.12. The fourth-order valence-electron chi connectivity index (χ4n) is 3.33. The number of aliphatic hydroxyl groups is 1. The SMILES string of the molecule is O=C(NCCO)C(=Cc1ccc(OC2CC2)cc1)NC(=O)c1ccc(Oc2ccc(C(F)(F)F)cc2)cc1. The molecule has 1 aliphatic carbocycles. The van der Waals surface area contributed by atoms with Gasteiger partial charge in [0.1, 0.15) is 22.9 Å². The average molecular weight is 527 g/mol. The Morgan fingerprint density at radius 1 is 0.895 bits per heavy atom. The van der Waals surface area contributed by atoms with Crippen LogP contribution in [-0.2, 0) is 11.0 Å². The fraction of sp³-hybridized carbons (Fsp3) is 0.214. The highest BCUT2D eigenvalue weighted by atomic mass is 19.4. The molecular formula is C28H25F3N2O5. The molecule has 0 heterocycles. The first-order valence-electron chi connectivity index (χ1n) is 11.9. The molecule has 1 saturated carbocycles. The first-order valence-corrected chi connectivity index (χ1v) is 11.9. The third kappa shape index (κ3) is 7.59. The number of ether oxygens (including phenoxy) is 2. The van der Waals surface area contributed by atoms with Crippen LogP contribution >= 0.6 is 0 Å². The second kappa shape index (κ2) is 11.8. The molecule has 4 rings (SSSR count). The molecule has 3 aromatic rings. The molecular weight excluding hydrogens is 501 g/mol. The van der Waals surface area contributed by atoms with Crippen LogP contribution < -0.4 is 20.1 Å².